The lowest BCUT2D eigenvalue weighted by Gasteiger charge is -2.15. The molecule has 0 unspecified atom stereocenters. The van der Waals surface area contributed by atoms with Gasteiger partial charge in [-0.2, -0.15) is 0 Å². The average Bonchev–Trinajstić information content (AvgIpc) is 3.05. The molecular weight excluding hydrogens is 557 g/mol. The number of methoxy groups -OCH3 is 1. The fourth-order valence-electron chi connectivity index (χ4n) is 2.95. The molecule has 3 rings (SSSR count). The van der Waals surface area contributed by atoms with Gasteiger partial charge in [0.1, 0.15) is 13.2 Å². The number of esters is 1. The van der Waals surface area contributed by atoms with Crippen molar-refractivity contribution in [3.05, 3.63) is 62.1 Å². The number of rotatable bonds is 9. The summed E-state index contributed by atoms with van der Waals surface area (Å²) in [7, 11) is 1.54. The molecular formula is C24H24INO6S. The third-order valence-corrected chi connectivity index (χ3v) is 6.55. The van der Waals surface area contributed by atoms with Crippen LogP contribution in [0.3, 0.4) is 0 Å². The van der Waals surface area contributed by atoms with E-state index in [0.29, 0.717) is 30.1 Å². The minimum Gasteiger partial charge on any atom is -0.493 e. The van der Waals surface area contributed by atoms with E-state index in [1.807, 2.05) is 43.3 Å². The van der Waals surface area contributed by atoms with Crippen molar-refractivity contribution in [2.45, 2.75) is 33.0 Å². The molecule has 0 bridgehead atoms. The summed E-state index contributed by atoms with van der Waals surface area (Å²) in [4.78, 5) is 38.2. The van der Waals surface area contributed by atoms with Crippen molar-refractivity contribution in [2.75, 3.05) is 13.7 Å². The molecule has 0 saturated carbocycles. The molecule has 1 aliphatic heterocycles. The Morgan fingerprint density at radius 2 is 1.94 bits per heavy atom. The van der Waals surface area contributed by atoms with E-state index in [1.165, 1.54) is 0 Å². The van der Waals surface area contributed by atoms with Crippen LogP contribution in [0.2, 0.25) is 0 Å². The monoisotopic (exact) mass is 581 g/mol. The molecule has 1 saturated heterocycles. The molecule has 0 aromatic heterocycles. The zero-order valence-corrected chi connectivity index (χ0v) is 21.5. The molecule has 174 valence electrons. The molecule has 33 heavy (non-hydrogen) atoms. The molecule has 0 aliphatic carbocycles. The molecule has 1 fully saturated rings. The van der Waals surface area contributed by atoms with Gasteiger partial charge in [0.15, 0.2) is 11.5 Å². The van der Waals surface area contributed by atoms with Crippen LogP contribution in [-0.4, -0.2) is 41.8 Å². The Morgan fingerprint density at radius 3 is 2.61 bits per heavy atom. The van der Waals surface area contributed by atoms with E-state index < -0.39 is 23.7 Å². The number of imide groups is 1. The van der Waals surface area contributed by atoms with Crippen LogP contribution in [0.15, 0.2) is 47.4 Å². The number of amides is 2. The van der Waals surface area contributed by atoms with Gasteiger partial charge in [-0.3, -0.25) is 19.3 Å². The van der Waals surface area contributed by atoms with E-state index in [0.717, 1.165) is 25.8 Å². The highest BCUT2D eigenvalue weighted by atomic mass is 127. The Kier molecular flexibility index (Phi) is 8.79. The summed E-state index contributed by atoms with van der Waals surface area (Å²) in [5.74, 6) is -0.0195. The largest absolute Gasteiger partial charge is 0.493 e. The standard InChI is InChI=1S/C24H24INO6S/c1-4-15(2)32-21(27)13-26-23(28)20(33-24(26)29)12-17-10-18(25)22(19(11-17)30-3)31-14-16-8-6-5-7-9-16/h5-12,15H,4,13-14H2,1-3H3/b20-12+/t15-/m0/s1. The lowest BCUT2D eigenvalue weighted by molar-refractivity contribution is -0.150. The molecule has 1 heterocycles. The van der Waals surface area contributed by atoms with Crippen molar-refractivity contribution < 1.29 is 28.6 Å². The molecule has 2 aromatic rings. The Bertz CT molecular complexity index is 1070. The van der Waals surface area contributed by atoms with Crippen LogP contribution in [0, 0.1) is 3.57 Å². The lowest BCUT2D eigenvalue weighted by atomic mass is 10.1. The third kappa shape index (κ3) is 6.50. The molecule has 0 N–H and O–H groups in total. The van der Waals surface area contributed by atoms with Crippen molar-refractivity contribution in [1.29, 1.82) is 0 Å². The number of halogens is 1. The van der Waals surface area contributed by atoms with Gasteiger partial charge in [0.2, 0.25) is 0 Å². The second-order valence-electron chi connectivity index (χ2n) is 7.28. The second-order valence-corrected chi connectivity index (χ2v) is 9.44. The topological polar surface area (TPSA) is 82.1 Å². The molecule has 7 nitrogen and oxygen atoms in total. The Balaban J connectivity index is 1.75. The fraction of sp³-hybridized carbons (Fsp3) is 0.292. The Hall–Kier alpha value is -2.53. The average molecular weight is 581 g/mol. The number of nitrogens with zero attached hydrogens (tertiary/aromatic N) is 1. The third-order valence-electron chi connectivity index (χ3n) is 4.84. The van der Waals surface area contributed by atoms with Crippen molar-refractivity contribution in [3.8, 4) is 11.5 Å². The van der Waals surface area contributed by atoms with Gasteiger partial charge in [-0.25, -0.2) is 0 Å². The smallest absolute Gasteiger partial charge is 0.326 e. The highest BCUT2D eigenvalue weighted by molar-refractivity contribution is 14.1. The van der Waals surface area contributed by atoms with Crippen LogP contribution in [0.25, 0.3) is 6.08 Å². The zero-order chi connectivity index (χ0) is 24.0. The molecule has 2 aromatic carbocycles. The molecule has 1 atom stereocenters. The van der Waals surface area contributed by atoms with Crippen LogP contribution in [0.4, 0.5) is 4.79 Å². The normalized spacial score (nSPS) is 15.6. The van der Waals surface area contributed by atoms with E-state index in [2.05, 4.69) is 22.6 Å². The predicted molar refractivity (Wildman–Crippen MR) is 135 cm³/mol. The number of thioether (sulfide) groups is 1. The number of hydrogen-bond donors (Lipinski definition) is 0. The number of carbonyl (C=O) groups excluding carboxylic acids is 3. The molecule has 2 amide bonds. The first kappa shape index (κ1) is 25.1. The van der Waals surface area contributed by atoms with Crippen LogP contribution in [-0.2, 0) is 20.9 Å². The van der Waals surface area contributed by atoms with Gasteiger partial charge in [-0.1, -0.05) is 37.3 Å². The van der Waals surface area contributed by atoms with Gasteiger partial charge in [0, 0.05) is 0 Å². The fourth-order valence-corrected chi connectivity index (χ4v) is 4.57. The summed E-state index contributed by atoms with van der Waals surface area (Å²) in [6.45, 7) is 3.62. The number of carbonyl (C=O) groups is 3. The highest BCUT2D eigenvalue weighted by Gasteiger charge is 2.37. The zero-order valence-electron chi connectivity index (χ0n) is 18.5. The van der Waals surface area contributed by atoms with Crippen LogP contribution in [0.1, 0.15) is 31.4 Å². The highest BCUT2D eigenvalue weighted by Crippen LogP contribution is 2.37. The summed E-state index contributed by atoms with van der Waals surface area (Å²) < 4.78 is 17.4. The van der Waals surface area contributed by atoms with Gasteiger partial charge in [0.25, 0.3) is 11.1 Å². The number of ether oxygens (including phenoxy) is 3. The minimum atomic E-state index is -0.607. The first-order chi connectivity index (χ1) is 15.8. The summed E-state index contributed by atoms with van der Waals surface area (Å²) in [6.07, 6.45) is 1.99. The second kappa shape index (κ2) is 11.6. The van der Waals surface area contributed by atoms with Crippen molar-refractivity contribution in [3.63, 3.8) is 0 Å². The molecule has 0 spiro atoms. The number of benzene rings is 2. The van der Waals surface area contributed by atoms with E-state index in [4.69, 9.17) is 14.2 Å². The van der Waals surface area contributed by atoms with Gasteiger partial charge in [-0.15, -0.1) is 0 Å². The maximum atomic E-state index is 12.7. The number of hydrogen-bond acceptors (Lipinski definition) is 7. The van der Waals surface area contributed by atoms with Crippen LogP contribution < -0.4 is 9.47 Å². The first-order valence-electron chi connectivity index (χ1n) is 10.3. The van der Waals surface area contributed by atoms with Crippen molar-refractivity contribution >= 4 is 57.5 Å². The predicted octanol–water partition coefficient (Wildman–Crippen LogP) is 5.26. The molecule has 9 heteroatoms. The summed E-state index contributed by atoms with van der Waals surface area (Å²) in [5.41, 5.74) is 1.70. The minimum absolute atomic E-state index is 0.229. The van der Waals surface area contributed by atoms with E-state index >= 15 is 0 Å². The molecule has 1 aliphatic rings. The summed E-state index contributed by atoms with van der Waals surface area (Å²) in [6, 6.07) is 13.4. The summed E-state index contributed by atoms with van der Waals surface area (Å²) >= 11 is 2.93. The Labute approximate surface area is 210 Å². The van der Waals surface area contributed by atoms with E-state index in [-0.39, 0.29) is 11.0 Å². The van der Waals surface area contributed by atoms with Crippen molar-refractivity contribution in [1.82, 2.24) is 4.90 Å². The van der Waals surface area contributed by atoms with Gasteiger partial charge in [-0.05, 0) is 77.0 Å². The molecule has 0 radical (unpaired) electrons. The quantitative estimate of drug-likeness (QED) is 0.227. The van der Waals surface area contributed by atoms with Gasteiger partial charge in [0.05, 0.1) is 21.7 Å². The maximum absolute atomic E-state index is 12.7. The van der Waals surface area contributed by atoms with Crippen molar-refractivity contribution in [2.24, 2.45) is 0 Å². The first-order valence-corrected chi connectivity index (χ1v) is 12.2. The van der Waals surface area contributed by atoms with Crippen LogP contribution >= 0.6 is 34.4 Å². The maximum Gasteiger partial charge on any atom is 0.326 e. The van der Waals surface area contributed by atoms with Gasteiger partial charge >= 0.3 is 5.97 Å². The SMILES string of the molecule is CC[C@H](C)OC(=O)CN1C(=O)S/C(=C/c2cc(I)c(OCc3ccccc3)c(OC)c2)C1=O. The van der Waals surface area contributed by atoms with E-state index in [9.17, 15) is 14.4 Å². The lowest BCUT2D eigenvalue weighted by Crippen LogP contribution is -2.35. The Morgan fingerprint density at radius 1 is 1.21 bits per heavy atom. The van der Waals surface area contributed by atoms with Crippen LogP contribution in [0.5, 0.6) is 11.5 Å². The van der Waals surface area contributed by atoms with E-state index in [1.54, 1.807) is 26.2 Å². The van der Waals surface area contributed by atoms with Gasteiger partial charge < -0.3 is 14.2 Å². The summed E-state index contributed by atoms with van der Waals surface area (Å²) in [5, 5.41) is -0.503.